The summed E-state index contributed by atoms with van der Waals surface area (Å²) in [5.74, 6) is -0.497. The van der Waals surface area contributed by atoms with Gasteiger partial charge in [-0.05, 0) is 18.2 Å². The van der Waals surface area contributed by atoms with Gasteiger partial charge >= 0.3 is 0 Å². The zero-order valence-electron chi connectivity index (χ0n) is 11.6. The third kappa shape index (κ3) is 2.77. The molecule has 0 saturated carbocycles. The van der Waals surface area contributed by atoms with Gasteiger partial charge in [-0.1, -0.05) is 0 Å². The minimum absolute atomic E-state index is 0.0785. The molecule has 1 fully saturated rings. The first-order valence-electron chi connectivity index (χ1n) is 6.56. The Kier molecular flexibility index (Phi) is 3.22. The Morgan fingerprint density at radius 3 is 2.90 bits per heavy atom. The number of aryl methyl sites for hydroxylation is 1. The third-order valence-corrected chi connectivity index (χ3v) is 4.65. The summed E-state index contributed by atoms with van der Waals surface area (Å²) >= 11 is 0. The molecule has 0 aliphatic carbocycles. The summed E-state index contributed by atoms with van der Waals surface area (Å²) in [6, 6.07) is 5.64. The maximum Gasteiger partial charge on any atom is 0.227 e. The number of hydrogen-bond donors (Lipinski definition) is 1. The Morgan fingerprint density at radius 2 is 2.19 bits per heavy atom. The highest BCUT2D eigenvalue weighted by molar-refractivity contribution is 7.89. The van der Waals surface area contributed by atoms with E-state index in [-0.39, 0.29) is 24.0 Å². The lowest BCUT2D eigenvalue weighted by Gasteiger charge is -2.17. The molecular formula is C13H16N4O3S. The molecule has 8 heteroatoms. The Balaban J connectivity index is 1.88. The molecule has 1 atom stereocenters. The fourth-order valence-electron chi connectivity index (χ4n) is 2.77. The first-order valence-corrected chi connectivity index (χ1v) is 8.27. The van der Waals surface area contributed by atoms with E-state index in [9.17, 15) is 13.2 Å². The molecule has 1 aromatic carbocycles. The van der Waals surface area contributed by atoms with Gasteiger partial charge in [0.1, 0.15) is 0 Å². The van der Waals surface area contributed by atoms with Crippen molar-refractivity contribution in [2.45, 2.75) is 6.42 Å². The smallest absolute Gasteiger partial charge is 0.227 e. The van der Waals surface area contributed by atoms with Crippen molar-refractivity contribution in [3.8, 4) is 0 Å². The molecule has 112 valence electrons. The van der Waals surface area contributed by atoms with Crippen LogP contribution >= 0.6 is 0 Å². The number of primary sulfonamides is 1. The highest BCUT2D eigenvalue weighted by atomic mass is 32.2. The number of rotatable bonds is 3. The maximum absolute atomic E-state index is 12.1. The highest BCUT2D eigenvalue weighted by Crippen LogP contribution is 2.28. The molecule has 2 N–H and O–H groups in total. The van der Waals surface area contributed by atoms with Gasteiger partial charge in [-0.25, -0.2) is 13.6 Å². The molecule has 2 aromatic rings. The van der Waals surface area contributed by atoms with Crippen molar-refractivity contribution in [1.29, 1.82) is 0 Å². The number of hydrogen-bond acceptors (Lipinski definition) is 4. The number of nitrogens with zero attached hydrogens (tertiary/aromatic N) is 3. The normalized spacial score (nSPS) is 19.6. The molecule has 2 heterocycles. The minimum Gasteiger partial charge on any atom is -0.312 e. The highest BCUT2D eigenvalue weighted by Gasteiger charge is 2.32. The van der Waals surface area contributed by atoms with E-state index in [1.54, 1.807) is 15.8 Å². The van der Waals surface area contributed by atoms with E-state index in [4.69, 9.17) is 5.14 Å². The molecule has 0 spiro atoms. The summed E-state index contributed by atoms with van der Waals surface area (Å²) in [7, 11) is -1.73. The average molecular weight is 308 g/mol. The van der Waals surface area contributed by atoms with Crippen LogP contribution in [0.2, 0.25) is 0 Å². The molecular weight excluding hydrogens is 292 g/mol. The van der Waals surface area contributed by atoms with Crippen molar-refractivity contribution in [3.63, 3.8) is 0 Å². The Morgan fingerprint density at radius 1 is 1.43 bits per heavy atom. The predicted molar refractivity (Wildman–Crippen MR) is 79.1 cm³/mol. The predicted octanol–water partition coefficient (Wildman–Crippen LogP) is 0.215. The van der Waals surface area contributed by atoms with Crippen LogP contribution in [0.4, 0.5) is 5.69 Å². The van der Waals surface area contributed by atoms with Gasteiger partial charge in [0.2, 0.25) is 15.9 Å². The lowest BCUT2D eigenvalue weighted by molar-refractivity contribution is -0.117. The topological polar surface area (TPSA) is 98.3 Å². The van der Waals surface area contributed by atoms with Crippen molar-refractivity contribution in [3.05, 3.63) is 24.4 Å². The van der Waals surface area contributed by atoms with Crippen LogP contribution in [0.1, 0.15) is 6.42 Å². The number of amides is 1. The fourth-order valence-corrected chi connectivity index (χ4v) is 3.65. The quantitative estimate of drug-likeness (QED) is 0.876. The molecule has 0 radical (unpaired) electrons. The van der Waals surface area contributed by atoms with Crippen molar-refractivity contribution in [2.75, 3.05) is 17.2 Å². The number of sulfonamides is 1. The summed E-state index contributed by atoms with van der Waals surface area (Å²) in [6.07, 6.45) is 1.97. The van der Waals surface area contributed by atoms with E-state index in [0.717, 1.165) is 16.6 Å². The van der Waals surface area contributed by atoms with Gasteiger partial charge in [-0.3, -0.25) is 9.48 Å². The van der Waals surface area contributed by atoms with Gasteiger partial charge in [-0.2, -0.15) is 5.10 Å². The van der Waals surface area contributed by atoms with Crippen molar-refractivity contribution >= 4 is 32.5 Å². The molecule has 0 bridgehead atoms. The number of fused-ring (bicyclic) bond motifs is 1. The van der Waals surface area contributed by atoms with E-state index in [1.807, 2.05) is 25.2 Å². The molecule has 1 saturated heterocycles. The fraction of sp³-hybridized carbons (Fsp3) is 0.385. The monoisotopic (exact) mass is 308 g/mol. The standard InChI is InChI=1S/C13H16N4O3S/c1-16-12-5-11(3-2-10(12)6-15-16)17-7-9(4-13(17)18)8-21(14,19)20/h2-3,5-6,9H,4,7-8H2,1H3,(H2,14,19,20). The van der Waals surface area contributed by atoms with Gasteiger partial charge in [-0.15, -0.1) is 0 Å². The summed E-state index contributed by atoms with van der Waals surface area (Å²) in [5, 5.41) is 10.2. The van der Waals surface area contributed by atoms with Gasteiger partial charge < -0.3 is 4.90 Å². The Labute approximate surface area is 122 Å². The van der Waals surface area contributed by atoms with Gasteiger partial charge in [0.05, 0.1) is 17.5 Å². The molecule has 1 aliphatic heterocycles. The molecule has 1 unspecified atom stereocenters. The molecule has 1 aliphatic rings. The van der Waals surface area contributed by atoms with E-state index < -0.39 is 10.0 Å². The van der Waals surface area contributed by atoms with Crippen molar-refractivity contribution < 1.29 is 13.2 Å². The number of nitrogens with two attached hydrogens (primary N) is 1. The van der Waals surface area contributed by atoms with E-state index in [1.165, 1.54) is 0 Å². The zero-order valence-corrected chi connectivity index (χ0v) is 12.4. The number of benzene rings is 1. The summed E-state index contributed by atoms with van der Waals surface area (Å²) in [4.78, 5) is 13.7. The lowest BCUT2D eigenvalue weighted by atomic mass is 10.1. The van der Waals surface area contributed by atoms with Crippen molar-refractivity contribution in [2.24, 2.45) is 18.1 Å². The van der Waals surface area contributed by atoms with Gasteiger partial charge in [0.25, 0.3) is 0 Å². The number of carbonyl (C=O) groups excluding carboxylic acids is 1. The third-order valence-electron chi connectivity index (χ3n) is 3.72. The van der Waals surface area contributed by atoms with Crippen LogP contribution in [0.5, 0.6) is 0 Å². The van der Waals surface area contributed by atoms with E-state index in [0.29, 0.717) is 6.54 Å². The molecule has 3 rings (SSSR count). The largest absolute Gasteiger partial charge is 0.312 e. The second-order valence-corrected chi connectivity index (χ2v) is 7.07. The maximum atomic E-state index is 12.1. The number of aromatic nitrogens is 2. The van der Waals surface area contributed by atoms with Crippen LogP contribution in [-0.2, 0) is 21.9 Å². The molecule has 7 nitrogen and oxygen atoms in total. The molecule has 21 heavy (non-hydrogen) atoms. The summed E-state index contributed by atoms with van der Waals surface area (Å²) < 4.78 is 24.1. The van der Waals surface area contributed by atoms with Crippen LogP contribution in [0.25, 0.3) is 10.9 Å². The van der Waals surface area contributed by atoms with Crippen LogP contribution in [0, 0.1) is 5.92 Å². The van der Waals surface area contributed by atoms with Crippen LogP contribution in [0.3, 0.4) is 0 Å². The Bertz CT molecular complexity index is 812. The second kappa shape index (κ2) is 4.81. The minimum atomic E-state index is -3.56. The van der Waals surface area contributed by atoms with Gasteiger partial charge in [0.15, 0.2) is 0 Å². The van der Waals surface area contributed by atoms with Crippen LogP contribution in [-0.4, -0.2) is 36.4 Å². The molecule has 1 aromatic heterocycles. The van der Waals surface area contributed by atoms with Crippen LogP contribution in [0.15, 0.2) is 24.4 Å². The summed E-state index contributed by atoms with van der Waals surface area (Å²) in [5.41, 5.74) is 1.68. The number of anilines is 1. The molecule has 1 amide bonds. The van der Waals surface area contributed by atoms with Crippen LogP contribution < -0.4 is 10.0 Å². The Hall–Kier alpha value is -1.93. The first-order chi connectivity index (χ1) is 9.83. The lowest BCUT2D eigenvalue weighted by Crippen LogP contribution is -2.27. The SMILES string of the molecule is Cn1ncc2ccc(N3CC(CS(N)(=O)=O)CC3=O)cc21. The average Bonchev–Trinajstić information content (AvgIpc) is 2.91. The zero-order chi connectivity index (χ0) is 15.2. The second-order valence-electron chi connectivity index (χ2n) is 5.42. The van der Waals surface area contributed by atoms with Crippen molar-refractivity contribution in [1.82, 2.24) is 9.78 Å². The van der Waals surface area contributed by atoms with Gasteiger partial charge in [0, 0.05) is 37.0 Å². The number of carbonyl (C=O) groups is 1. The first kappa shape index (κ1) is 14.0. The van der Waals surface area contributed by atoms with E-state index >= 15 is 0 Å². The summed E-state index contributed by atoms with van der Waals surface area (Å²) in [6.45, 7) is 0.374. The van der Waals surface area contributed by atoms with E-state index in [2.05, 4.69) is 5.10 Å².